The van der Waals surface area contributed by atoms with Crippen LogP contribution in [0.15, 0.2) is 30.3 Å². The predicted octanol–water partition coefficient (Wildman–Crippen LogP) is 3.66. The number of aliphatic hydroxyl groups excluding tert-OH is 1. The topological polar surface area (TPSA) is 35.9 Å². The van der Waals surface area contributed by atoms with E-state index < -0.39 is 11.6 Å². The molecule has 1 N–H and O–H groups in total. The molecule has 1 aliphatic rings. The zero-order chi connectivity index (χ0) is 21.0. The van der Waals surface area contributed by atoms with Gasteiger partial charge >= 0.3 is 0 Å². The number of nitrogens with zero attached hydrogens (tertiary/aromatic N) is 2. The molecule has 2 aromatic carbocycles. The van der Waals surface area contributed by atoms with Gasteiger partial charge in [-0.25, -0.2) is 8.78 Å². The fourth-order valence-electron chi connectivity index (χ4n) is 4.09. The van der Waals surface area contributed by atoms with Crippen LogP contribution in [0, 0.1) is 25.5 Å². The minimum absolute atomic E-state index is 0.112. The third kappa shape index (κ3) is 5.13. The lowest BCUT2D eigenvalue weighted by molar-refractivity contribution is 0.0493. The Labute approximate surface area is 171 Å². The lowest BCUT2D eigenvalue weighted by Crippen LogP contribution is -2.52. The van der Waals surface area contributed by atoms with Crippen LogP contribution in [0.1, 0.15) is 28.7 Å². The predicted molar refractivity (Wildman–Crippen MR) is 110 cm³/mol. The quantitative estimate of drug-likeness (QED) is 0.764. The van der Waals surface area contributed by atoms with Gasteiger partial charge < -0.3 is 9.84 Å². The van der Waals surface area contributed by atoms with E-state index in [1.165, 1.54) is 23.3 Å². The zero-order valence-corrected chi connectivity index (χ0v) is 17.4. The summed E-state index contributed by atoms with van der Waals surface area (Å²) in [6.07, 6.45) is 0.663. The first kappa shape index (κ1) is 21.7. The van der Waals surface area contributed by atoms with Gasteiger partial charge in [0, 0.05) is 57.0 Å². The molecule has 1 saturated heterocycles. The Morgan fingerprint density at radius 1 is 1.03 bits per heavy atom. The number of rotatable bonds is 7. The van der Waals surface area contributed by atoms with Crippen LogP contribution in [-0.2, 0) is 13.1 Å². The van der Waals surface area contributed by atoms with Crippen molar-refractivity contribution < 1.29 is 18.6 Å². The molecular weight excluding hydrogens is 374 g/mol. The number of aliphatic hydroxyl groups is 1. The molecule has 1 atom stereocenters. The van der Waals surface area contributed by atoms with Gasteiger partial charge in [0.25, 0.3) is 0 Å². The van der Waals surface area contributed by atoms with Crippen LogP contribution in [0.5, 0.6) is 5.75 Å². The Morgan fingerprint density at radius 2 is 1.79 bits per heavy atom. The maximum absolute atomic E-state index is 14.0. The molecule has 1 aliphatic heterocycles. The van der Waals surface area contributed by atoms with Crippen molar-refractivity contribution in [3.8, 4) is 5.75 Å². The number of piperazine rings is 1. The molecule has 29 heavy (non-hydrogen) atoms. The second kappa shape index (κ2) is 9.65. The summed E-state index contributed by atoms with van der Waals surface area (Å²) < 4.78 is 32.6. The van der Waals surface area contributed by atoms with E-state index in [0.717, 1.165) is 43.6 Å². The van der Waals surface area contributed by atoms with Gasteiger partial charge in [0.05, 0.1) is 7.11 Å². The average molecular weight is 405 g/mol. The van der Waals surface area contributed by atoms with Crippen molar-refractivity contribution in [2.75, 3.05) is 33.4 Å². The molecule has 0 unspecified atom stereocenters. The summed E-state index contributed by atoms with van der Waals surface area (Å²) in [5.74, 6) is -0.167. The highest BCUT2D eigenvalue weighted by Gasteiger charge is 2.27. The van der Waals surface area contributed by atoms with Gasteiger partial charge in [-0.05, 0) is 49.1 Å². The summed E-state index contributed by atoms with van der Waals surface area (Å²) in [6, 6.07) is 8.05. The van der Waals surface area contributed by atoms with E-state index in [1.54, 1.807) is 7.11 Å². The smallest absolute Gasteiger partial charge is 0.130 e. The highest BCUT2D eigenvalue weighted by atomic mass is 19.1. The first-order valence-corrected chi connectivity index (χ1v) is 10.1. The Balaban J connectivity index is 1.70. The number of halogens is 2. The van der Waals surface area contributed by atoms with Crippen LogP contribution in [0.25, 0.3) is 0 Å². The second-order valence-electron chi connectivity index (χ2n) is 7.78. The number of benzene rings is 2. The molecule has 0 bridgehead atoms. The largest absolute Gasteiger partial charge is 0.496 e. The summed E-state index contributed by atoms with van der Waals surface area (Å²) in [7, 11) is 1.68. The molecule has 0 radical (unpaired) electrons. The first-order valence-electron chi connectivity index (χ1n) is 10.1. The molecule has 0 aromatic heterocycles. The molecule has 158 valence electrons. The van der Waals surface area contributed by atoms with Gasteiger partial charge in [0.1, 0.15) is 17.4 Å². The summed E-state index contributed by atoms with van der Waals surface area (Å²) in [6.45, 7) is 7.92. The third-order valence-electron chi connectivity index (χ3n) is 6.00. The van der Waals surface area contributed by atoms with Crippen molar-refractivity contribution in [2.45, 2.75) is 39.4 Å². The fourth-order valence-corrected chi connectivity index (χ4v) is 4.09. The first-order chi connectivity index (χ1) is 13.9. The Morgan fingerprint density at radius 3 is 2.48 bits per heavy atom. The van der Waals surface area contributed by atoms with Crippen LogP contribution >= 0.6 is 0 Å². The number of ether oxygens (including phenoxy) is 1. The van der Waals surface area contributed by atoms with Crippen LogP contribution in [0.3, 0.4) is 0 Å². The van der Waals surface area contributed by atoms with E-state index in [0.29, 0.717) is 18.5 Å². The third-order valence-corrected chi connectivity index (χ3v) is 6.00. The van der Waals surface area contributed by atoms with Gasteiger partial charge in [0.15, 0.2) is 0 Å². The monoisotopic (exact) mass is 404 g/mol. The molecule has 2 aromatic rings. The van der Waals surface area contributed by atoms with Crippen molar-refractivity contribution in [3.63, 3.8) is 0 Å². The molecule has 0 spiro atoms. The molecule has 4 nitrogen and oxygen atoms in total. The average Bonchev–Trinajstić information content (AvgIpc) is 2.70. The van der Waals surface area contributed by atoms with Crippen molar-refractivity contribution in [2.24, 2.45) is 0 Å². The standard InChI is InChI=1S/C23H30F2N2O2/c1-16-17(2)23(29-3)7-5-18(16)14-27-10-9-26(15-21(27)8-11-28)13-19-4-6-20(24)12-22(19)25/h4-7,12,21,28H,8-11,13-15H2,1-3H3/t21-/m1/s1. The van der Waals surface area contributed by atoms with Crippen molar-refractivity contribution in [3.05, 3.63) is 64.2 Å². The maximum Gasteiger partial charge on any atom is 0.130 e. The molecule has 0 aliphatic carbocycles. The molecule has 0 amide bonds. The molecule has 6 heteroatoms. The molecule has 0 saturated carbocycles. The SMILES string of the molecule is COc1ccc(CN2CCN(Cc3ccc(F)cc3F)C[C@H]2CCO)c(C)c1C. The summed E-state index contributed by atoms with van der Waals surface area (Å²) in [5.41, 5.74) is 4.13. The Hall–Kier alpha value is -2.02. The molecule has 1 heterocycles. The van der Waals surface area contributed by atoms with E-state index in [2.05, 4.69) is 29.7 Å². The normalized spacial score (nSPS) is 18.2. The van der Waals surface area contributed by atoms with Crippen LogP contribution in [-0.4, -0.2) is 54.3 Å². The lowest BCUT2D eigenvalue weighted by Gasteiger charge is -2.41. The van der Waals surface area contributed by atoms with E-state index >= 15 is 0 Å². The van der Waals surface area contributed by atoms with E-state index in [4.69, 9.17) is 4.74 Å². The van der Waals surface area contributed by atoms with Crippen LogP contribution in [0.4, 0.5) is 8.78 Å². The Bertz CT molecular complexity index is 844. The second-order valence-corrected chi connectivity index (χ2v) is 7.78. The lowest BCUT2D eigenvalue weighted by atomic mass is 10.00. The highest BCUT2D eigenvalue weighted by molar-refractivity contribution is 5.43. The van der Waals surface area contributed by atoms with E-state index in [9.17, 15) is 13.9 Å². The molecule has 3 rings (SSSR count). The van der Waals surface area contributed by atoms with Crippen LogP contribution < -0.4 is 4.74 Å². The van der Waals surface area contributed by atoms with Gasteiger partial charge in [-0.15, -0.1) is 0 Å². The summed E-state index contributed by atoms with van der Waals surface area (Å²) in [4.78, 5) is 4.57. The summed E-state index contributed by atoms with van der Waals surface area (Å²) in [5, 5.41) is 9.56. The minimum atomic E-state index is -0.556. The Kier molecular flexibility index (Phi) is 7.22. The van der Waals surface area contributed by atoms with Crippen molar-refractivity contribution >= 4 is 0 Å². The van der Waals surface area contributed by atoms with Gasteiger partial charge in [-0.2, -0.15) is 0 Å². The van der Waals surface area contributed by atoms with Crippen molar-refractivity contribution in [1.29, 1.82) is 0 Å². The van der Waals surface area contributed by atoms with E-state index in [1.807, 2.05) is 6.07 Å². The van der Waals surface area contributed by atoms with E-state index in [-0.39, 0.29) is 12.6 Å². The summed E-state index contributed by atoms with van der Waals surface area (Å²) >= 11 is 0. The van der Waals surface area contributed by atoms with Gasteiger partial charge in [0.2, 0.25) is 0 Å². The zero-order valence-electron chi connectivity index (χ0n) is 17.4. The maximum atomic E-state index is 14.0. The number of hydrogen-bond donors (Lipinski definition) is 1. The van der Waals surface area contributed by atoms with Gasteiger partial charge in [-0.1, -0.05) is 12.1 Å². The molecule has 1 fully saturated rings. The van der Waals surface area contributed by atoms with Crippen molar-refractivity contribution in [1.82, 2.24) is 9.80 Å². The number of hydrogen-bond acceptors (Lipinski definition) is 4. The fraction of sp³-hybridized carbons (Fsp3) is 0.478. The van der Waals surface area contributed by atoms with Gasteiger partial charge in [-0.3, -0.25) is 9.80 Å². The minimum Gasteiger partial charge on any atom is -0.496 e. The number of methoxy groups -OCH3 is 1. The highest BCUT2D eigenvalue weighted by Crippen LogP contribution is 2.26. The molecular formula is C23H30F2N2O2. The van der Waals surface area contributed by atoms with Crippen LogP contribution in [0.2, 0.25) is 0 Å².